The molecule has 0 aliphatic carbocycles. The molecule has 0 saturated carbocycles. The van der Waals surface area contributed by atoms with Crippen molar-refractivity contribution in [3.8, 4) is 5.75 Å². The predicted molar refractivity (Wildman–Crippen MR) is 46.3 cm³/mol. The minimum absolute atomic E-state index is 0.451. The van der Waals surface area contributed by atoms with Crippen molar-refractivity contribution < 1.29 is 9.29 Å². The Bertz CT molecular complexity index is 283. The van der Waals surface area contributed by atoms with Crippen LogP contribution in [0.25, 0.3) is 0 Å². The third kappa shape index (κ3) is 1.01. The molecular weight excluding hydrogens is 160 g/mol. The van der Waals surface area contributed by atoms with E-state index in [0.29, 0.717) is 5.94 Å². The van der Waals surface area contributed by atoms with Crippen molar-refractivity contribution in [2.24, 2.45) is 0 Å². The van der Waals surface area contributed by atoms with Crippen LogP contribution in [0.15, 0.2) is 29.2 Å². The Labute approximate surface area is 67.3 Å². The van der Waals surface area contributed by atoms with Crippen molar-refractivity contribution in [3.63, 3.8) is 0 Å². The summed E-state index contributed by atoms with van der Waals surface area (Å²) in [4.78, 5) is 0.972. The second-order valence-corrected chi connectivity index (χ2v) is 5.50. The van der Waals surface area contributed by atoms with Crippen LogP contribution in [0.5, 0.6) is 5.75 Å². The molecule has 0 bridgehead atoms. The lowest BCUT2D eigenvalue weighted by Gasteiger charge is -2.19. The second-order valence-electron chi connectivity index (χ2n) is 2.75. The van der Waals surface area contributed by atoms with Gasteiger partial charge in [-0.15, -0.1) is 0 Å². The first-order chi connectivity index (χ1) is 5.20. The van der Waals surface area contributed by atoms with Gasteiger partial charge >= 0.3 is 0 Å². The molecule has 2 rings (SSSR count). The summed E-state index contributed by atoms with van der Waals surface area (Å²) in [6.45, 7) is 0. The molecule has 1 unspecified atom stereocenters. The highest BCUT2D eigenvalue weighted by Gasteiger charge is 2.28. The molecule has 1 aliphatic rings. The number of ether oxygens (including phenoxy) is 1. The second kappa shape index (κ2) is 2.16. The van der Waals surface area contributed by atoms with Crippen molar-refractivity contribution in [1.82, 2.24) is 0 Å². The first-order valence-corrected chi connectivity index (χ1v) is 5.57. The van der Waals surface area contributed by atoms with Crippen LogP contribution in [-0.2, 0) is 0 Å². The average molecular weight is 170 g/mol. The minimum Gasteiger partial charge on any atom is -0.481 e. The molecule has 1 aromatic rings. The fourth-order valence-corrected chi connectivity index (χ4v) is 2.59. The molecule has 1 heterocycles. The number of benzene rings is 1. The Morgan fingerprint density at radius 1 is 1.45 bits per heavy atom. The zero-order chi connectivity index (χ0) is 7.90. The normalized spacial score (nSPS) is 33.6. The maximum atomic E-state index is 9.80. The summed E-state index contributed by atoms with van der Waals surface area (Å²) < 4.78 is 15.1. The highest BCUT2D eigenvalue weighted by atomic mass is 32.3. The molecular formula is C8H10O2S. The maximum absolute atomic E-state index is 9.80. The SMILES string of the molecule is CS1(O)COc2ccccc21. The van der Waals surface area contributed by atoms with Crippen LogP contribution in [0.4, 0.5) is 0 Å². The van der Waals surface area contributed by atoms with Crippen LogP contribution in [0.3, 0.4) is 0 Å². The third-order valence-electron chi connectivity index (χ3n) is 1.77. The van der Waals surface area contributed by atoms with Gasteiger partial charge in [0.1, 0.15) is 11.7 Å². The highest BCUT2D eigenvalue weighted by molar-refractivity contribution is 8.28. The van der Waals surface area contributed by atoms with Gasteiger partial charge in [0, 0.05) is 0 Å². The van der Waals surface area contributed by atoms with Crippen molar-refractivity contribution >= 4 is 10.3 Å². The van der Waals surface area contributed by atoms with Gasteiger partial charge in [0.05, 0.1) is 4.90 Å². The van der Waals surface area contributed by atoms with Crippen LogP contribution in [-0.4, -0.2) is 16.7 Å². The molecule has 1 aliphatic heterocycles. The molecule has 0 fully saturated rings. The van der Waals surface area contributed by atoms with Gasteiger partial charge in [-0.1, -0.05) is 22.4 Å². The summed E-state index contributed by atoms with van der Waals surface area (Å²) in [7, 11) is -1.63. The summed E-state index contributed by atoms with van der Waals surface area (Å²) in [5, 5.41) is 0. The number of para-hydroxylation sites is 1. The summed E-state index contributed by atoms with van der Waals surface area (Å²) in [6.07, 6.45) is 1.85. The monoisotopic (exact) mass is 170 g/mol. The number of rotatable bonds is 0. The lowest BCUT2D eigenvalue weighted by atomic mass is 10.3. The highest BCUT2D eigenvalue weighted by Crippen LogP contribution is 2.57. The molecule has 11 heavy (non-hydrogen) atoms. The van der Waals surface area contributed by atoms with Gasteiger partial charge in [-0.3, -0.25) is 0 Å². The van der Waals surface area contributed by atoms with Gasteiger partial charge in [0.2, 0.25) is 0 Å². The van der Waals surface area contributed by atoms with Gasteiger partial charge in [-0.25, -0.2) is 0 Å². The fourth-order valence-electron chi connectivity index (χ4n) is 1.17. The Kier molecular flexibility index (Phi) is 1.37. The van der Waals surface area contributed by atoms with Gasteiger partial charge in [0.15, 0.2) is 0 Å². The van der Waals surface area contributed by atoms with E-state index in [9.17, 15) is 4.55 Å². The molecule has 0 amide bonds. The zero-order valence-electron chi connectivity index (χ0n) is 6.28. The molecule has 1 N–H and O–H groups in total. The van der Waals surface area contributed by atoms with Crippen LogP contribution < -0.4 is 4.74 Å². The number of hydrogen-bond donors (Lipinski definition) is 1. The largest absolute Gasteiger partial charge is 0.481 e. The summed E-state index contributed by atoms with van der Waals surface area (Å²) in [5.41, 5.74) is 0. The lowest BCUT2D eigenvalue weighted by molar-refractivity contribution is 0.390. The van der Waals surface area contributed by atoms with E-state index in [1.807, 2.05) is 30.5 Å². The van der Waals surface area contributed by atoms with E-state index in [1.165, 1.54) is 0 Å². The third-order valence-corrected chi connectivity index (χ3v) is 3.63. The predicted octanol–water partition coefficient (Wildman–Crippen LogP) is 2.30. The Morgan fingerprint density at radius 2 is 2.18 bits per heavy atom. The number of hydrogen-bond acceptors (Lipinski definition) is 2. The molecule has 0 saturated heterocycles. The molecule has 1 aromatic carbocycles. The van der Waals surface area contributed by atoms with Crippen molar-refractivity contribution in [2.45, 2.75) is 4.90 Å². The molecule has 0 aromatic heterocycles. The zero-order valence-corrected chi connectivity index (χ0v) is 7.10. The van der Waals surface area contributed by atoms with Gasteiger partial charge in [-0.05, 0) is 18.4 Å². The first kappa shape index (κ1) is 7.00. The van der Waals surface area contributed by atoms with E-state index in [1.54, 1.807) is 0 Å². The van der Waals surface area contributed by atoms with Crippen LogP contribution in [0.2, 0.25) is 0 Å². The van der Waals surface area contributed by atoms with E-state index < -0.39 is 10.3 Å². The molecule has 1 atom stereocenters. The average Bonchev–Trinajstić information content (AvgIpc) is 2.29. The first-order valence-electron chi connectivity index (χ1n) is 3.40. The fraction of sp³-hybridized carbons (Fsp3) is 0.250. The Hall–Kier alpha value is -0.670. The van der Waals surface area contributed by atoms with Crippen molar-refractivity contribution in [2.75, 3.05) is 12.2 Å². The van der Waals surface area contributed by atoms with Crippen molar-refractivity contribution in [3.05, 3.63) is 24.3 Å². The minimum atomic E-state index is -1.63. The van der Waals surface area contributed by atoms with Crippen LogP contribution in [0, 0.1) is 0 Å². The lowest BCUT2D eigenvalue weighted by Crippen LogP contribution is -1.97. The summed E-state index contributed by atoms with van der Waals surface area (Å²) >= 11 is 0. The Morgan fingerprint density at radius 3 is 2.91 bits per heavy atom. The summed E-state index contributed by atoms with van der Waals surface area (Å²) in [6, 6.07) is 7.66. The number of fused-ring (bicyclic) bond motifs is 1. The Balaban J connectivity index is 2.56. The van der Waals surface area contributed by atoms with Crippen LogP contribution in [0.1, 0.15) is 0 Å². The topological polar surface area (TPSA) is 29.5 Å². The van der Waals surface area contributed by atoms with E-state index in [-0.39, 0.29) is 0 Å². The molecule has 3 heteroatoms. The van der Waals surface area contributed by atoms with E-state index >= 15 is 0 Å². The molecule has 0 spiro atoms. The molecule has 2 nitrogen and oxygen atoms in total. The standard InChI is InChI=1S/C8H10O2S/c1-11(9)6-10-7-4-2-3-5-8(7)11/h2-5,9H,6H2,1H3. The smallest absolute Gasteiger partial charge is 0.142 e. The molecule has 0 radical (unpaired) electrons. The van der Waals surface area contributed by atoms with E-state index in [0.717, 1.165) is 10.6 Å². The maximum Gasteiger partial charge on any atom is 0.142 e. The van der Waals surface area contributed by atoms with Crippen LogP contribution >= 0.6 is 10.3 Å². The molecule has 60 valence electrons. The van der Waals surface area contributed by atoms with Gasteiger partial charge < -0.3 is 9.29 Å². The van der Waals surface area contributed by atoms with Crippen molar-refractivity contribution in [1.29, 1.82) is 0 Å². The quantitative estimate of drug-likeness (QED) is 0.647. The van der Waals surface area contributed by atoms with Gasteiger partial charge in [-0.2, -0.15) is 0 Å². The van der Waals surface area contributed by atoms with Gasteiger partial charge in [0.25, 0.3) is 0 Å². The van der Waals surface area contributed by atoms with E-state index in [2.05, 4.69) is 0 Å². The van der Waals surface area contributed by atoms with E-state index in [4.69, 9.17) is 4.74 Å². The summed E-state index contributed by atoms with van der Waals surface area (Å²) in [5.74, 6) is 1.29.